The first kappa shape index (κ1) is 7.49. The van der Waals surface area contributed by atoms with Gasteiger partial charge in [-0.3, -0.25) is 0 Å². The lowest BCUT2D eigenvalue weighted by Crippen LogP contribution is -1.89. The summed E-state index contributed by atoms with van der Waals surface area (Å²) in [6.45, 7) is 3.95. The fourth-order valence-electron chi connectivity index (χ4n) is 0.121. The Hall–Kier alpha value is 0.490. The average Bonchev–Trinajstić information content (AvgIpc) is 1.61. The molecule has 42 valence electrons. The van der Waals surface area contributed by atoms with Gasteiger partial charge in [-0.1, -0.05) is 0 Å². The summed E-state index contributed by atoms with van der Waals surface area (Å²) in [5, 5.41) is 0. The van der Waals surface area contributed by atoms with Crippen molar-refractivity contribution in [3.05, 3.63) is 0 Å². The van der Waals surface area contributed by atoms with Crippen LogP contribution in [0.2, 0.25) is 0 Å². The van der Waals surface area contributed by atoms with Gasteiger partial charge < -0.3 is 4.52 Å². The molecule has 0 spiro atoms. The van der Waals surface area contributed by atoms with Gasteiger partial charge in [0.15, 0.2) is 8.60 Å². The molecule has 1 unspecified atom stereocenters. The van der Waals surface area contributed by atoms with Gasteiger partial charge in [-0.25, -0.2) is 4.52 Å². The van der Waals surface area contributed by atoms with Crippen LogP contribution in [0.4, 0.5) is 0 Å². The third kappa shape index (κ3) is 6.49. The Labute approximate surface area is 47.9 Å². The maximum Gasteiger partial charge on any atom is 0.175 e. The first-order chi connectivity index (χ1) is 3.27. The fraction of sp³-hybridized carbons (Fsp3) is 1.00. The van der Waals surface area contributed by atoms with Crippen molar-refractivity contribution >= 4 is 18.0 Å². The smallest absolute Gasteiger partial charge is 0.175 e. The molecule has 4 heteroatoms. The fourth-order valence-corrected chi connectivity index (χ4v) is 0.528. The van der Waals surface area contributed by atoms with Crippen LogP contribution in [0.25, 0.3) is 0 Å². The molecule has 0 rings (SSSR count). The third-order valence-corrected chi connectivity index (χ3v) is 1.20. The summed E-state index contributed by atoms with van der Waals surface area (Å²) in [6, 6.07) is 0. The predicted octanol–water partition coefficient (Wildman–Crippen LogP) is 2.25. The number of nitrogens with zero attached hydrogens (tertiary/aromatic N) is 1. The Bertz CT molecular complexity index is 64.0. The topological polar surface area (TPSA) is 21.6 Å². The summed E-state index contributed by atoms with van der Waals surface area (Å²) in [6.07, 6.45) is 0.283. The molecule has 0 heterocycles. The van der Waals surface area contributed by atoms with E-state index in [1.807, 2.05) is 13.8 Å². The van der Waals surface area contributed by atoms with E-state index >= 15 is 0 Å². The third-order valence-electron chi connectivity index (χ3n) is 0.305. The van der Waals surface area contributed by atoms with Gasteiger partial charge in [0, 0.05) is 0 Å². The van der Waals surface area contributed by atoms with Gasteiger partial charge in [0.05, 0.1) is 6.10 Å². The highest BCUT2D eigenvalue weighted by Crippen LogP contribution is 2.08. The van der Waals surface area contributed by atoms with Crippen LogP contribution in [-0.2, 0) is 4.52 Å². The standard InChI is InChI=1S/C3H9NOP2/c1-3(2)5-7-4-6/h3H,6H2,1-2H3. The number of hydrogen-bond donors (Lipinski definition) is 0. The second-order valence-electron chi connectivity index (χ2n) is 1.35. The molecular weight excluding hydrogens is 128 g/mol. The molecule has 7 heavy (non-hydrogen) atoms. The van der Waals surface area contributed by atoms with Gasteiger partial charge in [-0.05, 0) is 23.2 Å². The quantitative estimate of drug-likeness (QED) is 0.535. The second kappa shape index (κ2) is 4.64. The molecule has 0 bridgehead atoms. The molecular formula is C3H9NOP2. The number of hydrogen-bond acceptors (Lipinski definition) is 2. The van der Waals surface area contributed by atoms with Crippen molar-refractivity contribution in [3.8, 4) is 0 Å². The van der Waals surface area contributed by atoms with Gasteiger partial charge in [-0.15, -0.1) is 0 Å². The monoisotopic (exact) mass is 137 g/mol. The summed E-state index contributed by atoms with van der Waals surface area (Å²) in [5.41, 5.74) is 0. The van der Waals surface area contributed by atoms with Gasteiger partial charge >= 0.3 is 0 Å². The largest absolute Gasteiger partial charge is 0.308 e. The van der Waals surface area contributed by atoms with Crippen molar-refractivity contribution in [2.45, 2.75) is 20.0 Å². The van der Waals surface area contributed by atoms with E-state index in [1.54, 1.807) is 0 Å². The van der Waals surface area contributed by atoms with Crippen LogP contribution in [0.15, 0.2) is 4.52 Å². The Morgan fingerprint density at radius 3 is 2.43 bits per heavy atom. The maximum absolute atomic E-state index is 4.98. The van der Waals surface area contributed by atoms with E-state index in [0.717, 1.165) is 0 Å². The molecule has 0 aliphatic heterocycles. The molecule has 0 amide bonds. The van der Waals surface area contributed by atoms with Crippen LogP contribution >= 0.6 is 18.0 Å². The lowest BCUT2D eigenvalue weighted by atomic mass is 10.5. The molecule has 0 aromatic rings. The van der Waals surface area contributed by atoms with Crippen LogP contribution in [0, 0.1) is 0 Å². The van der Waals surface area contributed by atoms with Crippen molar-refractivity contribution in [2.24, 2.45) is 4.52 Å². The summed E-state index contributed by atoms with van der Waals surface area (Å²) >= 11 is 0. The Kier molecular flexibility index (Phi) is 4.97. The minimum atomic E-state index is 0.283. The maximum atomic E-state index is 4.98. The van der Waals surface area contributed by atoms with Crippen molar-refractivity contribution in [2.75, 3.05) is 0 Å². The summed E-state index contributed by atoms with van der Waals surface area (Å²) < 4.78 is 8.62. The van der Waals surface area contributed by atoms with Crippen molar-refractivity contribution in [1.29, 1.82) is 0 Å². The lowest BCUT2D eigenvalue weighted by Gasteiger charge is -1.94. The molecule has 0 fully saturated rings. The van der Waals surface area contributed by atoms with E-state index in [-0.39, 0.29) is 6.10 Å². The van der Waals surface area contributed by atoms with E-state index in [1.165, 1.54) is 0 Å². The Morgan fingerprint density at radius 2 is 2.29 bits per heavy atom. The Morgan fingerprint density at radius 1 is 1.71 bits per heavy atom. The van der Waals surface area contributed by atoms with Crippen LogP contribution in [0.3, 0.4) is 0 Å². The first-order valence-corrected chi connectivity index (χ1v) is 3.31. The molecule has 2 nitrogen and oxygen atoms in total. The molecule has 0 aliphatic rings. The molecule has 0 saturated heterocycles. The van der Waals surface area contributed by atoms with Gasteiger partial charge in [0.2, 0.25) is 0 Å². The van der Waals surface area contributed by atoms with E-state index in [2.05, 4.69) is 13.9 Å². The van der Waals surface area contributed by atoms with Crippen LogP contribution in [0.5, 0.6) is 0 Å². The minimum Gasteiger partial charge on any atom is -0.308 e. The van der Waals surface area contributed by atoms with Crippen molar-refractivity contribution < 1.29 is 4.52 Å². The molecule has 0 saturated carbocycles. The van der Waals surface area contributed by atoms with Crippen LogP contribution in [0.1, 0.15) is 13.8 Å². The molecule has 0 aromatic heterocycles. The molecule has 0 aromatic carbocycles. The highest BCUT2D eigenvalue weighted by atomic mass is 31.1. The Balaban J connectivity index is 2.97. The van der Waals surface area contributed by atoms with Crippen molar-refractivity contribution in [1.82, 2.24) is 0 Å². The predicted molar refractivity (Wildman–Crippen MR) is 35.3 cm³/mol. The summed E-state index contributed by atoms with van der Waals surface area (Å²) in [4.78, 5) is 0. The SMILES string of the molecule is CC(C)OP=NP. The van der Waals surface area contributed by atoms with Crippen LogP contribution < -0.4 is 0 Å². The molecule has 0 N–H and O–H groups in total. The highest BCUT2D eigenvalue weighted by molar-refractivity contribution is 7.31. The molecule has 0 radical (unpaired) electrons. The zero-order valence-electron chi connectivity index (χ0n) is 4.46. The van der Waals surface area contributed by atoms with E-state index < -0.39 is 0 Å². The zero-order chi connectivity index (χ0) is 5.70. The van der Waals surface area contributed by atoms with Crippen molar-refractivity contribution in [3.63, 3.8) is 0 Å². The first-order valence-electron chi connectivity index (χ1n) is 2.03. The summed E-state index contributed by atoms with van der Waals surface area (Å²) in [7, 11) is 2.93. The molecule has 0 aliphatic carbocycles. The highest BCUT2D eigenvalue weighted by Gasteiger charge is 1.84. The van der Waals surface area contributed by atoms with Gasteiger partial charge in [0.25, 0.3) is 0 Å². The second-order valence-corrected chi connectivity index (χ2v) is 2.65. The zero-order valence-corrected chi connectivity index (χ0v) is 6.51. The minimum absolute atomic E-state index is 0.283. The molecule has 1 atom stereocenters. The van der Waals surface area contributed by atoms with E-state index in [9.17, 15) is 0 Å². The van der Waals surface area contributed by atoms with Gasteiger partial charge in [0.1, 0.15) is 0 Å². The normalized spacial score (nSPS) is 11.4. The number of rotatable bonds is 2. The van der Waals surface area contributed by atoms with Crippen LogP contribution in [-0.4, -0.2) is 6.10 Å². The van der Waals surface area contributed by atoms with E-state index in [0.29, 0.717) is 8.60 Å². The summed E-state index contributed by atoms with van der Waals surface area (Å²) in [5.74, 6) is 0. The van der Waals surface area contributed by atoms with E-state index in [4.69, 9.17) is 4.52 Å². The van der Waals surface area contributed by atoms with Gasteiger partial charge in [-0.2, -0.15) is 0 Å². The lowest BCUT2D eigenvalue weighted by molar-refractivity contribution is 0.283. The average molecular weight is 137 g/mol.